The minimum Gasteiger partial charge on any atom is -0.494 e. The number of likely N-dealkylation sites (tertiary alicyclic amines) is 1. The van der Waals surface area contributed by atoms with Crippen molar-refractivity contribution in [3.63, 3.8) is 0 Å². The molecule has 2 aromatic heterocycles. The molecule has 1 atom stereocenters. The first-order valence-electron chi connectivity index (χ1n) is 11.0. The van der Waals surface area contributed by atoms with E-state index in [4.69, 9.17) is 9.15 Å². The second-order valence-electron chi connectivity index (χ2n) is 8.20. The highest BCUT2D eigenvalue weighted by molar-refractivity contribution is 7.16. The molecule has 0 bridgehead atoms. The summed E-state index contributed by atoms with van der Waals surface area (Å²) in [5.74, 6) is 1.73. The van der Waals surface area contributed by atoms with E-state index in [1.807, 2.05) is 19.1 Å². The molecule has 3 aromatic rings. The Balaban J connectivity index is 1.69. The number of piperidine rings is 1. The van der Waals surface area contributed by atoms with Crippen molar-refractivity contribution in [3.8, 4) is 5.75 Å². The normalized spacial score (nSPS) is 16.2. The summed E-state index contributed by atoms with van der Waals surface area (Å²) < 4.78 is 10.9. The van der Waals surface area contributed by atoms with Gasteiger partial charge in [-0.1, -0.05) is 19.1 Å². The number of benzene rings is 1. The van der Waals surface area contributed by atoms with E-state index < -0.39 is 0 Å². The minimum absolute atomic E-state index is 0.0834. The Morgan fingerprint density at radius 1 is 1.26 bits per heavy atom. The van der Waals surface area contributed by atoms with Crippen molar-refractivity contribution in [2.75, 3.05) is 25.0 Å². The maximum atomic E-state index is 12.7. The molecule has 5 nitrogen and oxygen atoms in total. The van der Waals surface area contributed by atoms with Crippen LogP contribution in [0.4, 0.5) is 5.00 Å². The third-order valence-corrected chi connectivity index (χ3v) is 6.82. The maximum Gasteiger partial charge on any atom is 0.291 e. The molecule has 1 aliphatic heterocycles. The van der Waals surface area contributed by atoms with Gasteiger partial charge in [0.25, 0.3) is 5.91 Å². The highest BCUT2D eigenvalue weighted by Gasteiger charge is 2.29. The van der Waals surface area contributed by atoms with Gasteiger partial charge in [-0.3, -0.25) is 9.69 Å². The van der Waals surface area contributed by atoms with Gasteiger partial charge in [0.2, 0.25) is 0 Å². The van der Waals surface area contributed by atoms with Crippen LogP contribution in [0.25, 0.3) is 0 Å². The van der Waals surface area contributed by atoms with Gasteiger partial charge in [0.1, 0.15) is 10.8 Å². The molecule has 0 saturated carbocycles. The zero-order chi connectivity index (χ0) is 21.8. The van der Waals surface area contributed by atoms with Crippen LogP contribution in [0.1, 0.15) is 59.3 Å². The average molecular weight is 439 g/mol. The average Bonchev–Trinajstić information content (AvgIpc) is 3.42. The monoisotopic (exact) mass is 438 g/mol. The summed E-state index contributed by atoms with van der Waals surface area (Å²) >= 11 is 1.61. The van der Waals surface area contributed by atoms with Gasteiger partial charge in [-0.15, -0.1) is 11.3 Å². The Labute approximate surface area is 188 Å². The summed E-state index contributed by atoms with van der Waals surface area (Å²) in [6, 6.07) is 14.1. The predicted octanol–water partition coefficient (Wildman–Crippen LogP) is 6.12. The van der Waals surface area contributed by atoms with Crippen molar-refractivity contribution in [2.45, 2.75) is 39.7 Å². The smallest absolute Gasteiger partial charge is 0.291 e. The molecule has 1 aliphatic rings. The van der Waals surface area contributed by atoms with Gasteiger partial charge in [0.15, 0.2) is 5.76 Å². The van der Waals surface area contributed by atoms with Crippen LogP contribution in [-0.4, -0.2) is 30.5 Å². The number of nitrogens with one attached hydrogen (secondary N) is 1. The fraction of sp³-hybridized carbons (Fsp3) is 0.400. The number of ether oxygens (including phenoxy) is 1. The second kappa shape index (κ2) is 9.71. The standard InChI is InChI=1S/C25H30N2O3S/c1-4-29-20-9-7-19(8-10-20)23(27-13-11-17(2)12-14-27)21-16-18(3)31-25(21)26-24(28)22-6-5-15-30-22/h5-10,15-17,23H,4,11-14H2,1-3H3,(H,26,28)/t23-/m1/s1. The summed E-state index contributed by atoms with van der Waals surface area (Å²) in [7, 11) is 0. The molecule has 1 fully saturated rings. The van der Waals surface area contributed by atoms with Gasteiger partial charge in [-0.25, -0.2) is 0 Å². The molecule has 4 rings (SSSR count). The van der Waals surface area contributed by atoms with Crippen LogP contribution < -0.4 is 10.1 Å². The molecule has 1 amide bonds. The number of anilines is 1. The number of hydrogen-bond acceptors (Lipinski definition) is 5. The number of carbonyl (C=O) groups excluding carboxylic acids is 1. The maximum absolute atomic E-state index is 12.7. The molecule has 1 saturated heterocycles. The van der Waals surface area contributed by atoms with Crippen molar-refractivity contribution in [2.24, 2.45) is 5.92 Å². The van der Waals surface area contributed by atoms with Gasteiger partial charge >= 0.3 is 0 Å². The van der Waals surface area contributed by atoms with Crippen molar-refractivity contribution in [3.05, 3.63) is 70.5 Å². The molecule has 0 spiro atoms. The van der Waals surface area contributed by atoms with Crippen LogP contribution in [0.2, 0.25) is 0 Å². The number of rotatable bonds is 7. The lowest BCUT2D eigenvalue weighted by Crippen LogP contribution is -2.37. The number of carbonyl (C=O) groups is 1. The highest BCUT2D eigenvalue weighted by Crippen LogP contribution is 2.41. The van der Waals surface area contributed by atoms with E-state index >= 15 is 0 Å². The zero-order valence-electron chi connectivity index (χ0n) is 18.4. The van der Waals surface area contributed by atoms with E-state index in [1.54, 1.807) is 23.5 Å². The van der Waals surface area contributed by atoms with Crippen molar-refractivity contribution < 1.29 is 13.9 Å². The quantitative estimate of drug-likeness (QED) is 0.483. The summed E-state index contributed by atoms with van der Waals surface area (Å²) in [6.07, 6.45) is 3.89. The van der Waals surface area contributed by atoms with Crippen molar-refractivity contribution in [1.82, 2.24) is 4.90 Å². The lowest BCUT2D eigenvalue weighted by Gasteiger charge is -2.37. The lowest BCUT2D eigenvalue weighted by molar-refractivity contribution is 0.0996. The molecule has 1 aromatic carbocycles. The summed E-state index contributed by atoms with van der Waals surface area (Å²) in [4.78, 5) is 16.4. The Morgan fingerprint density at radius 3 is 2.65 bits per heavy atom. The third kappa shape index (κ3) is 5.02. The van der Waals surface area contributed by atoms with Gasteiger partial charge in [-0.2, -0.15) is 0 Å². The van der Waals surface area contributed by atoms with E-state index in [0.717, 1.165) is 35.3 Å². The topological polar surface area (TPSA) is 54.7 Å². The van der Waals surface area contributed by atoms with Crippen molar-refractivity contribution >= 4 is 22.2 Å². The van der Waals surface area contributed by atoms with Gasteiger partial charge in [-0.05, 0) is 81.6 Å². The van der Waals surface area contributed by atoms with E-state index in [0.29, 0.717) is 12.4 Å². The number of amides is 1. The second-order valence-corrected chi connectivity index (χ2v) is 9.45. The van der Waals surface area contributed by atoms with Crippen LogP contribution in [-0.2, 0) is 0 Å². The molecule has 3 heterocycles. The van der Waals surface area contributed by atoms with E-state index in [9.17, 15) is 4.79 Å². The minimum atomic E-state index is -0.217. The Hall–Kier alpha value is -2.57. The number of hydrogen-bond donors (Lipinski definition) is 1. The molecule has 0 radical (unpaired) electrons. The first-order valence-corrected chi connectivity index (χ1v) is 11.8. The molecular formula is C25H30N2O3S. The van der Waals surface area contributed by atoms with Crippen LogP contribution in [0.3, 0.4) is 0 Å². The SMILES string of the molecule is CCOc1ccc([C@H](c2cc(C)sc2NC(=O)c2ccco2)N2CCC(C)CC2)cc1. The summed E-state index contributed by atoms with van der Waals surface area (Å²) in [5.41, 5.74) is 2.35. The van der Waals surface area contributed by atoms with Crippen molar-refractivity contribution in [1.29, 1.82) is 0 Å². The fourth-order valence-corrected chi connectivity index (χ4v) is 5.13. The molecular weight excluding hydrogens is 408 g/mol. The van der Waals surface area contributed by atoms with E-state index in [-0.39, 0.29) is 11.9 Å². The molecule has 0 aliphatic carbocycles. The van der Waals surface area contributed by atoms with Crippen LogP contribution in [0, 0.1) is 12.8 Å². The van der Waals surface area contributed by atoms with Crippen LogP contribution in [0.5, 0.6) is 5.75 Å². The Bertz CT molecular complexity index is 986. The van der Waals surface area contributed by atoms with E-state index in [1.165, 1.54) is 29.5 Å². The Morgan fingerprint density at radius 2 is 2.00 bits per heavy atom. The van der Waals surface area contributed by atoms with Gasteiger partial charge < -0.3 is 14.5 Å². The molecule has 6 heteroatoms. The highest BCUT2D eigenvalue weighted by atomic mass is 32.1. The molecule has 1 N–H and O–H groups in total. The first kappa shape index (κ1) is 21.7. The van der Waals surface area contributed by atoms with Gasteiger partial charge in [0, 0.05) is 10.4 Å². The van der Waals surface area contributed by atoms with Crippen LogP contribution >= 0.6 is 11.3 Å². The number of furan rings is 1. The lowest BCUT2D eigenvalue weighted by atomic mass is 9.92. The van der Waals surface area contributed by atoms with Gasteiger partial charge in [0.05, 0.1) is 18.9 Å². The number of thiophene rings is 1. The van der Waals surface area contributed by atoms with E-state index in [2.05, 4.69) is 42.3 Å². The predicted molar refractivity (Wildman–Crippen MR) is 125 cm³/mol. The third-order valence-electron chi connectivity index (χ3n) is 5.84. The Kier molecular flexibility index (Phi) is 6.78. The fourth-order valence-electron chi connectivity index (χ4n) is 4.19. The zero-order valence-corrected chi connectivity index (χ0v) is 19.2. The molecule has 31 heavy (non-hydrogen) atoms. The number of aryl methyl sites for hydroxylation is 1. The van der Waals surface area contributed by atoms with Crippen LogP contribution in [0.15, 0.2) is 53.1 Å². The first-order chi connectivity index (χ1) is 15.0. The molecule has 164 valence electrons. The summed E-state index contributed by atoms with van der Waals surface area (Å²) in [6.45, 7) is 9.14. The summed E-state index contributed by atoms with van der Waals surface area (Å²) in [5, 5.41) is 3.98. The largest absolute Gasteiger partial charge is 0.494 e. The molecule has 0 unspecified atom stereocenters. The number of nitrogens with zero attached hydrogens (tertiary/aromatic N) is 1.